The van der Waals surface area contributed by atoms with E-state index in [1.807, 2.05) is 0 Å². The predicted octanol–water partition coefficient (Wildman–Crippen LogP) is -0.122. The van der Waals surface area contributed by atoms with E-state index in [1.165, 1.54) is 6.92 Å². The molecule has 54 valence electrons. The van der Waals surface area contributed by atoms with Gasteiger partial charge in [0.05, 0.1) is 6.10 Å². The molecule has 0 aromatic carbocycles. The Morgan fingerprint density at radius 2 is 2.44 bits per heavy atom. The number of hydrogen-bond donors (Lipinski definition) is 2. The molecule has 0 radical (unpaired) electrons. The Labute approximate surface area is 62.6 Å². The lowest BCUT2D eigenvalue weighted by Gasteiger charge is -2.05. The zero-order chi connectivity index (χ0) is 7.28. The Kier molecular flexibility index (Phi) is 4.71. The number of halogens is 1. The largest absolute Gasteiger partial charge is 0.390 e. The molecule has 0 saturated heterocycles. The second-order valence-corrected chi connectivity index (χ2v) is 2.39. The first-order valence-corrected chi connectivity index (χ1v) is 3.77. The quantitative estimate of drug-likeness (QED) is 0.618. The smallest absolute Gasteiger partial charge is 0.216 e. The molecule has 0 spiro atoms. The lowest BCUT2D eigenvalue weighted by atomic mass is 10.4. The van der Waals surface area contributed by atoms with Crippen molar-refractivity contribution in [3.63, 3.8) is 0 Å². The van der Waals surface area contributed by atoms with Crippen LogP contribution >= 0.6 is 15.9 Å². The van der Waals surface area contributed by atoms with E-state index in [9.17, 15) is 4.79 Å². The summed E-state index contributed by atoms with van der Waals surface area (Å²) < 4.78 is 0. The van der Waals surface area contributed by atoms with Crippen LogP contribution in [0.3, 0.4) is 0 Å². The molecule has 0 aromatic heterocycles. The van der Waals surface area contributed by atoms with Crippen LogP contribution in [0.25, 0.3) is 0 Å². The summed E-state index contributed by atoms with van der Waals surface area (Å²) in [5, 5.41) is 11.8. The van der Waals surface area contributed by atoms with Gasteiger partial charge in [0.1, 0.15) is 0 Å². The SMILES string of the molecule is CC(=O)NC[C@H](O)CBr. The van der Waals surface area contributed by atoms with Gasteiger partial charge in [-0.25, -0.2) is 0 Å². The van der Waals surface area contributed by atoms with Crippen LogP contribution in [0.5, 0.6) is 0 Å². The first-order valence-electron chi connectivity index (χ1n) is 2.65. The van der Waals surface area contributed by atoms with Crippen molar-refractivity contribution >= 4 is 21.8 Å². The number of rotatable bonds is 3. The number of carbonyl (C=O) groups excluding carboxylic acids is 1. The summed E-state index contributed by atoms with van der Waals surface area (Å²) in [4.78, 5) is 10.2. The summed E-state index contributed by atoms with van der Waals surface area (Å²) >= 11 is 3.06. The molecule has 0 bridgehead atoms. The molecule has 0 aliphatic rings. The minimum atomic E-state index is -0.478. The van der Waals surface area contributed by atoms with E-state index in [0.717, 1.165) is 0 Å². The molecule has 0 aliphatic heterocycles. The molecular weight excluding hydrogens is 186 g/mol. The Hall–Kier alpha value is -0.0900. The molecule has 0 heterocycles. The van der Waals surface area contributed by atoms with E-state index in [2.05, 4.69) is 21.2 Å². The zero-order valence-electron chi connectivity index (χ0n) is 5.22. The number of aliphatic hydroxyl groups is 1. The van der Waals surface area contributed by atoms with Gasteiger partial charge in [-0.1, -0.05) is 15.9 Å². The molecule has 2 N–H and O–H groups in total. The van der Waals surface area contributed by atoms with Crippen LogP contribution in [0.2, 0.25) is 0 Å². The minimum absolute atomic E-state index is 0.116. The second-order valence-electron chi connectivity index (χ2n) is 1.75. The van der Waals surface area contributed by atoms with E-state index in [0.29, 0.717) is 11.9 Å². The highest BCUT2D eigenvalue weighted by molar-refractivity contribution is 9.09. The maximum Gasteiger partial charge on any atom is 0.216 e. The minimum Gasteiger partial charge on any atom is -0.390 e. The molecule has 9 heavy (non-hydrogen) atoms. The maximum absolute atomic E-state index is 10.2. The highest BCUT2D eigenvalue weighted by Crippen LogP contribution is 1.86. The van der Waals surface area contributed by atoms with Crippen molar-refractivity contribution in [1.29, 1.82) is 0 Å². The molecule has 0 saturated carbocycles. The van der Waals surface area contributed by atoms with E-state index >= 15 is 0 Å². The molecule has 0 aliphatic carbocycles. The fourth-order valence-electron chi connectivity index (χ4n) is 0.316. The van der Waals surface area contributed by atoms with Crippen molar-refractivity contribution in [1.82, 2.24) is 5.32 Å². The fourth-order valence-corrected chi connectivity index (χ4v) is 0.545. The van der Waals surface area contributed by atoms with Gasteiger partial charge in [0.2, 0.25) is 5.91 Å². The van der Waals surface area contributed by atoms with Crippen LogP contribution in [0.1, 0.15) is 6.92 Å². The normalized spacial score (nSPS) is 12.8. The average Bonchev–Trinajstić information content (AvgIpc) is 1.83. The van der Waals surface area contributed by atoms with E-state index in [-0.39, 0.29) is 5.91 Å². The average molecular weight is 196 g/mol. The van der Waals surface area contributed by atoms with Crippen molar-refractivity contribution in [2.45, 2.75) is 13.0 Å². The first-order chi connectivity index (χ1) is 4.16. The highest BCUT2D eigenvalue weighted by atomic mass is 79.9. The lowest BCUT2D eigenvalue weighted by Crippen LogP contribution is -2.30. The zero-order valence-corrected chi connectivity index (χ0v) is 6.81. The van der Waals surface area contributed by atoms with Gasteiger partial charge in [0.15, 0.2) is 0 Å². The molecule has 1 amide bonds. The molecule has 1 atom stereocenters. The Balaban J connectivity index is 3.16. The Morgan fingerprint density at radius 1 is 1.89 bits per heavy atom. The maximum atomic E-state index is 10.2. The van der Waals surface area contributed by atoms with Crippen LogP contribution in [0.4, 0.5) is 0 Å². The molecule has 0 fully saturated rings. The number of nitrogens with one attached hydrogen (secondary N) is 1. The van der Waals surface area contributed by atoms with Crippen LogP contribution in [-0.2, 0) is 4.79 Å². The van der Waals surface area contributed by atoms with E-state index in [1.54, 1.807) is 0 Å². The number of carbonyl (C=O) groups is 1. The third-order valence-corrected chi connectivity index (χ3v) is 1.51. The molecular formula is C5H10BrNO2. The van der Waals surface area contributed by atoms with Crippen molar-refractivity contribution in [3.8, 4) is 0 Å². The molecule has 4 heteroatoms. The lowest BCUT2D eigenvalue weighted by molar-refractivity contribution is -0.119. The Morgan fingerprint density at radius 3 is 2.78 bits per heavy atom. The summed E-state index contributed by atoms with van der Waals surface area (Å²) in [6.07, 6.45) is -0.478. The summed E-state index contributed by atoms with van der Waals surface area (Å²) in [5.41, 5.74) is 0. The van der Waals surface area contributed by atoms with Gasteiger partial charge < -0.3 is 10.4 Å². The van der Waals surface area contributed by atoms with Gasteiger partial charge in [-0.15, -0.1) is 0 Å². The molecule has 3 nitrogen and oxygen atoms in total. The first kappa shape index (κ1) is 8.91. The van der Waals surface area contributed by atoms with Crippen LogP contribution in [0, 0.1) is 0 Å². The van der Waals surface area contributed by atoms with Crippen molar-refractivity contribution in [2.75, 3.05) is 11.9 Å². The molecule has 0 aromatic rings. The third-order valence-electron chi connectivity index (χ3n) is 0.765. The van der Waals surface area contributed by atoms with Gasteiger partial charge >= 0.3 is 0 Å². The van der Waals surface area contributed by atoms with E-state index in [4.69, 9.17) is 5.11 Å². The molecule has 0 unspecified atom stereocenters. The van der Waals surface area contributed by atoms with Gasteiger partial charge in [0.25, 0.3) is 0 Å². The monoisotopic (exact) mass is 195 g/mol. The van der Waals surface area contributed by atoms with Crippen molar-refractivity contribution in [2.24, 2.45) is 0 Å². The fraction of sp³-hybridized carbons (Fsp3) is 0.800. The van der Waals surface area contributed by atoms with Crippen molar-refractivity contribution < 1.29 is 9.90 Å². The van der Waals surface area contributed by atoms with Crippen LogP contribution < -0.4 is 5.32 Å². The van der Waals surface area contributed by atoms with Gasteiger partial charge in [0, 0.05) is 18.8 Å². The van der Waals surface area contributed by atoms with Gasteiger partial charge in [-0.3, -0.25) is 4.79 Å². The van der Waals surface area contributed by atoms with Crippen LogP contribution in [0.15, 0.2) is 0 Å². The highest BCUT2D eigenvalue weighted by Gasteiger charge is 2.00. The summed E-state index contributed by atoms with van der Waals surface area (Å²) in [6, 6.07) is 0. The van der Waals surface area contributed by atoms with Crippen molar-refractivity contribution in [3.05, 3.63) is 0 Å². The number of aliphatic hydroxyl groups excluding tert-OH is 1. The summed E-state index contributed by atoms with van der Waals surface area (Å²) in [5.74, 6) is -0.116. The number of hydrogen-bond acceptors (Lipinski definition) is 2. The second kappa shape index (κ2) is 4.76. The van der Waals surface area contributed by atoms with Gasteiger partial charge in [-0.2, -0.15) is 0 Å². The van der Waals surface area contributed by atoms with E-state index < -0.39 is 6.10 Å². The standard InChI is InChI=1S/C5H10BrNO2/c1-4(8)7-3-5(9)2-6/h5,9H,2-3H2,1H3,(H,7,8)/t5-/m1/s1. The Bertz CT molecular complexity index is 97.0. The van der Waals surface area contributed by atoms with Crippen LogP contribution in [-0.4, -0.2) is 29.0 Å². The third kappa shape index (κ3) is 5.79. The topological polar surface area (TPSA) is 49.3 Å². The molecule has 0 rings (SSSR count). The van der Waals surface area contributed by atoms with Gasteiger partial charge in [-0.05, 0) is 0 Å². The summed E-state index contributed by atoms with van der Waals surface area (Å²) in [7, 11) is 0. The summed E-state index contributed by atoms with van der Waals surface area (Å²) in [6.45, 7) is 1.74. The number of amides is 1. The number of alkyl halides is 1. The predicted molar refractivity (Wildman–Crippen MR) is 38.5 cm³/mol.